The molecule has 0 amide bonds. The van der Waals surface area contributed by atoms with Crippen LogP contribution in [0.25, 0.3) is 0 Å². The van der Waals surface area contributed by atoms with E-state index in [0.29, 0.717) is 6.61 Å². The largest absolute Gasteiger partial charge is 0.472 e. The summed E-state index contributed by atoms with van der Waals surface area (Å²) < 4.78 is 33.4. The molecule has 0 fully saturated rings. The van der Waals surface area contributed by atoms with Crippen LogP contribution in [0.2, 0.25) is 0 Å². The van der Waals surface area contributed by atoms with Crippen molar-refractivity contribution in [3.63, 3.8) is 0 Å². The molecular formula is C42H85O9P. The fraction of sp³-hybridized carbons (Fsp3) is 0.976. The van der Waals surface area contributed by atoms with Gasteiger partial charge in [0.15, 0.2) is 0 Å². The topological polar surface area (TPSA) is 132 Å². The number of unbranched alkanes of at least 4 members (excludes halogenated alkanes) is 29. The van der Waals surface area contributed by atoms with Gasteiger partial charge in [0, 0.05) is 13.0 Å². The zero-order valence-electron chi connectivity index (χ0n) is 34.1. The smallest absolute Gasteiger partial charge is 0.457 e. The molecule has 0 saturated heterocycles. The lowest BCUT2D eigenvalue weighted by Gasteiger charge is -2.20. The van der Waals surface area contributed by atoms with E-state index in [9.17, 15) is 19.4 Å². The van der Waals surface area contributed by atoms with Crippen molar-refractivity contribution >= 4 is 13.8 Å². The Morgan fingerprint density at radius 1 is 0.519 bits per heavy atom. The summed E-state index contributed by atoms with van der Waals surface area (Å²) in [6.07, 6.45) is 37.7. The lowest BCUT2D eigenvalue weighted by atomic mass is 10.0. The molecular weight excluding hydrogens is 679 g/mol. The summed E-state index contributed by atoms with van der Waals surface area (Å²) in [6.45, 7) is 3.58. The number of hydrogen-bond acceptors (Lipinski definition) is 8. The van der Waals surface area contributed by atoms with Gasteiger partial charge in [-0.1, -0.05) is 200 Å². The highest BCUT2D eigenvalue weighted by atomic mass is 31.2. The maximum atomic E-state index is 12.6. The first-order valence-corrected chi connectivity index (χ1v) is 23.5. The Hall–Kier alpha value is -0.540. The minimum Gasteiger partial charge on any atom is -0.457 e. The summed E-state index contributed by atoms with van der Waals surface area (Å²) >= 11 is 0. The predicted molar refractivity (Wildman–Crippen MR) is 215 cm³/mol. The highest BCUT2D eigenvalue weighted by Gasteiger charge is 2.26. The van der Waals surface area contributed by atoms with Crippen LogP contribution in [0.5, 0.6) is 0 Å². The van der Waals surface area contributed by atoms with Gasteiger partial charge in [0.2, 0.25) is 0 Å². The molecule has 1 unspecified atom stereocenters. The molecule has 0 aliphatic rings. The third kappa shape index (κ3) is 39.2. The van der Waals surface area contributed by atoms with Crippen LogP contribution >= 0.6 is 7.82 Å². The molecule has 0 aliphatic heterocycles. The van der Waals surface area contributed by atoms with E-state index >= 15 is 0 Å². The molecule has 0 radical (unpaired) electrons. The van der Waals surface area contributed by atoms with Crippen LogP contribution in [0, 0.1) is 0 Å². The number of aliphatic hydroxyl groups excluding tert-OH is 2. The second-order valence-corrected chi connectivity index (χ2v) is 16.5. The van der Waals surface area contributed by atoms with Crippen molar-refractivity contribution in [3.05, 3.63) is 0 Å². The van der Waals surface area contributed by atoms with Gasteiger partial charge in [0.1, 0.15) is 12.2 Å². The number of aliphatic hydroxyl groups is 2. The van der Waals surface area contributed by atoms with Crippen LogP contribution in [0.15, 0.2) is 0 Å². The minimum atomic E-state index is -4.51. The first-order valence-electron chi connectivity index (χ1n) is 22.0. The molecule has 10 heteroatoms. The summed E-state index contributed by atoms with van der Waals surface area (Å²) in [6, 6.07) is 0. The van der Waals surface area contributed by atoms with Gasteiger partial charge < -0.3 is 24.6 Å². The fourth-order valence-corrected chi connectivity index (χ4v) is 7.21. The van der Waals surface area contributed by atoms with Gasteiger partial charge in [-0.05, 0) is 12.8 Å². The van der Waals surface area contributed by atoms with Gasteiger partial charge in [-0.15, -0.1) is 0 Å². The molecule has 0 aliphatic carbocycles. The second kappa shape index (κ2) is 40.1. The van der Waals surface area contributed by atoms with E-state index in [1.807, 2.05) is 0 Å². The van der Waals surface area contributed by atoms with Crippen molar-refractivity contribution in [2.75, 3.05) is 33.0 Å². The van der Waals surface area contributed by atoms with E-state index in [1.54, 1.807) is 0 Å². The van der Waals surface area contributed by atoms with Crippen molar-refractivity contribution in [1.29, 1.82) is 0 Å². The number of rotatable bonds is 43. The van der Waals surface area contributed by atoms with E-state index in [0.717, 1.165) is 32.1 Å². The van der Waals surface area contributed by atoms with Crippen LogP contribution in [0.1, 0.15) is 219 Å². The highest BCUT2D eigenvalue weighted by molar-refractivity contribution is 7.47. The molecule has 0 aromatic rings. The monoisotopic (exact) mass is 765 g/mol. The number of carbonyl (C=O) groups excluding carboxylic acids is 1. The molecule has 0 spiro atoms. The lowest BCUT2D eigenvalue weighted by Crippen LogP contribution is -2.29. The average molecular weight is 765 g/mol. The Balaban J connectivity index is 4.11. The standard InChI is InChI=1S/C42H85O9P/c1-3-5-7-9-11-13-15-17-19-20-21-22-24-26-28-30-32-34-42(45)51-41(39-50-52(46,47)49-37-40(44)36-43)38-48-35-33-31-29-27-25-23-18-16-14-12-10-8-6-4-2/h40-41,43-44H,3-39H2,1-2H3,(H,46,47)/t40-,41+/m0/s1. The van der Waals surface area contributed by atoms with Gasteiger partial charge in [-0.25, -0.2) is 4.57 Å². The SMILES string of the molecule is CCCCCCCCCCCCCCCCCCCC(=O)O[C@H](COCCCCCCCCCCCCCCCC)COP(=O)(O)OC[C@@H](O)CO. The quantitative estimate of drug-likeness (QED) is 0.0315. The van der Waals surface area contributed by atoms with Crippen LogP contribution in [0.3, 0.4) is 0 Å². The molecule has 0 rings (SSSR count). The maximum Gasteiger partial charge on any atom is 0.472 e. The first kappa shape index (κ1) is 51.5. The molecule has 0 bridgehead atoms. The Bertz CT molecular complexity index is 785. The number of carbonyl (C=O) groups is 1. The van der Waals surface area contributed by atoms with Crippen LogP contribution in [-0.2, 0) is 27.9 Å². The summed E-state index contributed by atoms with van der Waals surface area (Å²) in [7, 11) is -4.51. The molecule has 9 nitrogen and oxygen atoms in total. The second-order valence-electron chi connectivity index (χ2n) is 15.1. The molecule has 0 saturated carbocycles. The average Bonchev–Trinajstić information content (AvgIpc) is 3.13. The normalized spacial score (nSPS) is 14.0. The molecule has 312 valence electrons. The molecule has 52 heavy (non-hydrogen) atoms. The van der Waals surface area contributed by atoms with E-state index in [4.69, 9.17) is 23.6 Å². The van der Waals surface area contributed by atoms with Crippen molar-refractivity contribution in [2.45, 2.75) is 232 Å². The van der Waals surface area contributed by atoms with E-state index in [1.165, 1.54) is 167 Å². The van der Waals surface area contributed by atoms with Gasteiger partial charge in [-0.3, -0.25) is 13.8 Å². The Kier molecular flexibility index (Phi) is 39.7. The van der Waals surface area contributed by atoms with Gasteiger partial charge in [0.25, 0.3) is 0 Å². The van der Waals surface area contributed by atoms with E-state index in [-0.39, 0.29) is 25.6 Å². The highest BCUT2D eigenvalue weighted by Crippen LogP contribution is 2.43. The molecule has 0 aromatic carbocycles. The van der Waals surface area contributed by atoms with Crippen molar-refractivity contribution in [1.82, 2.24) is 0 Å². The molecule has 0 aromatic heterocycles. The van der Waals surface area contributed by atoms with Gasteiger partial charge in [0.05, 0.1) is 26.4 Å². The fourth-order valence-electron chi connectivity index (χ4n) is 6.42. The third-order valence-electron chi connectivity index (χ3n) is 9.79. The van der Waals surface area contributed by atoms with E-state index in [2.05, 4.69) is 13.8 Å². The minimum absolute atomic E-state index is 0.0580. The van der Waals surface area contributed by atoms with Gasteiger partial charge >= 0.3 is 13.8 Å². The maximum absolute atomic E-state index is 12.6. The molecule has 3 atom stereocenters. The summed E-state index contributed by atoms with van der Waals surface area (Å²) in [5, 5.41) is 18.3. The number of ether oxygens (including phenoxy) is 2. The number of phosphoric acid groups is 1. The lowest BCUT2D eigenvalue weighted by molar-refractivity contribution is -0.154. The summed E-state index contributed by atoms with van der Waals surface area (Å²) in [4.78, 5) is 22.6. The predicted octanol–water partition coefficient (Wildman–Crippen LogP) is 11.9. The van der Waals surface area contributed by atoms with Crippen molar-refractivity contribution in [2.24, 2.45) is 0 Å². The Labute approximate surface area is 320 Å². The number of phosphoric ester groups is 1. The summed E-state index contributed by atoms with van der Waals surface area (Å²) in [5.74, 6) is -0.376. The zero-order chi connectivity index (χ0) is 38.2. The van der Waals surface area contributed by atoms with Gasteiger partial charge in [-0.2, -0.15) is 0 Å². The molecule has 3 N–H and O–H groups in total. The van der Waals surface area contributed by atoms with Crippen LogP contribution in [0.4, 0.5) is 0 Å². The zero-order valence-corrected chi connectivity index (χ0v) is 35.0. The third-order valence-corrected chi connectivity index (χ3v) is 10.7. The Morgan fingerprint density at radius 2 is 0.865 bits per heavy atom. The number of esters is 1. The Morgan fingerprint density at radius 3 is 1.25 bits per heavy atom. The van der Waals surface area contributed by atoms with E-state index < -0.39 is 33.2 Å². The summed E-state index contributed by atoms with van der Waals surface area (Å²) in [5.41, 5.74) is 0. The first-order chi connectivity index (χ1) is 25.3. The van der Waals surface area contributed by atoms with Crippen LogP contribution in [-0.4, -0.2) is 66.3 Å². The van der Waals surface area contributed by atoms with Crippen molar-refractivity contribution < 1.29 is 43.0 Å². The van der Waals surface area contributed by atoms with Crippen molar-refractivity contribution in [3.8, 4) is 0 Å². The number of hydrogen-bond donors (Lipinski definition) is 3. The van der Waals surface area contributed by atoms with Crippen LogP contribution < -0.4 is 0 Å². The molecule has 0 heterocycles.